The van der Waals surface area contributed by atoms with Crippen molar-refractivity contribution in [2.24, 2.45) is 5.16 Å². The van der Waals surface area contributed by atoms with Crippen LogP contribution in [0.25, 0.3) is 0 Å². The number of nitrogens with zero attached hydrogens (tertiary/aromatic N) is 4. The number of benzene rings is 1. The van der Waals surface area contributed by atoms with Gasteiger partial charge in [-0.1, -0.05) is 23.4 Å². The molecule has 0 unspecified atom stereocenters. The predicted octanol–water partition coefficient (Wildman–Crippen LogP) is 2.04. The zero-order valence-electron chi connectivity index (χ0n) is 11.8. The van der Waals surface area contributed by atoms with Gasteiger partial charge in [-0.25, -0.2) is 0 Å². The first-order valence-electron chi connectivity index (χ1n) is 7.06. The summed E-state index contributed by atoms with van der Waals surface area (Å²) in [7, 11) is 0. The fraction of sp³-hybridized carbons (Fsp3) is 0.250. The summed E-state index contributed by atoms with van der Waals surface area (Å²) < 4.78 is 0. The van der Waals surface area contributed by atoms with Crippen LogP contribution in [0.3, 0.4) is 0 Å². The number of amidine groups is 1. The standard InChI is InChI=1S/C16H18N4O/c21-18-16(14-6-8-17-9-7-14)20-12-10-19(11-13-20)15-4-2-1-3-5-15/h1-9,21H,10-13H2/b18-16-. The van der Waals surface area contributed by atoms with Crippen molar-refractivity contribution in [1.29, 1.82) is 0 Å². The Morgan fingerprint density at radius 2 is 1.62 bits per heavy atom. The molecule has 1 aromatic heterocycles. The highest BCUT2D eigenvalue weighted by molar-refractivity contribution is 5.98. The van der Waals surface area contributed by atoms with Crippen LogP contribution in [0, 0.1) is 0 Å². The van der Waals surface area contributed by atoms with Crippen molar-refractivity contribution in [3.8, 4) is 0 Å². The summed E-state index contributed by atoms with van der Waals surface area (Å²) in [5.74, 6) is 0.616. The molecular weight excluding hydrogens is 264 g/mol. The molecule has 0 saturated carbocycles. The molecule has 5 heteroatoms. The molecule has 108 valence electrons. The summed E-state index contributed by atoms with van der Waals surface area (Å²) in [5, 5.41) is 12.8. The van der Waals surface area contributed by atoms with Gasteiger partial charge in [-0.15, -0.1) is 0 Å². The number of anilines is 1. The molecule has 21 heavy (non-hydrogen) atoms. The second-order valence-corrected chi connectivity index (χ2v) is 4.97. The van der Waals surface area contributed by atoms with Crippen LogP contribution >= 0.6 is 0 Å². The van der Waals surface area contributed by atoms with E-state index in [0.717, 1.165) is 31.7 Å². The predicted molar refractivity (Wildman–Crippen MR) is 82.8 cm³/mol. The van der Waals surface area contributed by atoms with E-state index in [1.54, 1.807) is 12.4 Å². The number of para-hydroxylation sites is 1. The Morgan fingerprint density at radius 3 is 2.24 bits per heavy atom. The second kappa shape index (κ2) is 6.26. The van der Waals surface area contributed by atoms with E-state index in [-0.39, 0.29) is 0 Å². The minimum absolute atomic E-state index is 0.616. The maximum absolute atomic E-state index is 9.33. The van der Waals surface area contributed by atoms with Crippen LogP contribution in [0.2, 0.25) is 0 Å². The summed E-state index contributed by atoms with van der Waals surface area (Å²) in [6, 6.07) is 14.1. The lowest BCUT2D eigenvalue weighted by molar-refractivity contribution is 0.296. The van der Waals surface area contributed by atoms with E-state index in [0.29, 0.717) is 5.84 Å². The molecule has 0 amide bonds. The Morgan fingerprint density at radius 1 is 0.952 bits per heavy atom. The summed E-state index contributed by atoms with van der Waals surface area (Å²) in [4.78, 5) is 8.45. The zero-order valence-corrected chi connectivity index (χ0v) is 11.8. The van der Waals surface area contributed by atoms with E-state index >= 15 is 0 Å². The average Bonchev–Trinajstić information content (AvgIpc) is 2.58. The second-order valence-electron chi connectivity index (χ2n) is 4.97. The monoisotopic (exact) mass is 282 g/mol. The Labute approximate surface area is 124 Å². The van der Waals surface area contributed by atoms with Crippen LogP contribution in [0.4, 0.5) is 5.69 Å². The van der Waals surface area contributed by atoms with Gasteiger partial charge in [0.15, 0.2) is 5.84 Å². The Balaban J connectivity index is 1.68. The number of aromatic nitrogens is 1. The number of pyridine rings is 1. The van der Waals surface area contributed by atoms with E-state index < -0.39 is 0 Å². The van der Waals surface area contributed by atoms with Crippen molar-refractivity contribution in [2.75, 3.05) is 31.1 Å². The molecule has 1 fully saturated rings. The number of piperazine rings is 1. The largest absolute Gasteiger partial charge is 0.409 e. The molecule has 2 aromatic rings. The van der Waals surface area contributed by atoms with E-state index in [4.69, 9.17) is 0 Å². The molecule has 0 aliphatic carbocycles. The minimum atomic E-state index is 0.616. The summed E-state index contributed by atoms with van der Waals surface area (Å²) in [6.07, 6.45) is 3.42. The molecule has 1 aliphatic heterocycles. The van der Waals surface area contributed by atoms with Crippen molar-refractivity contribution in [1.82, 2.24) is 9.88 Å². The maximum atomic E-state index is 9.33. The summed E-state index contributed by atoms with van der Waals surface area (Å²) in [6.45, 7) is 3.48. The molecule has 1 N–H and O–H groups in total. The van der Waals surface area contributed by atoms with Crippen molar-refractivity contribution < 1.29 is 5.21 Å². The lowest BCUT2D eigenvalue weighted by Crippen LogP contribution is -2.49. The van der Waals surface area contributed by atoms with Gasteiger partial charge in [0.1, 0.15) is 0 Å². The van der Waals surface area contributed by atoms with E-state index in [9.17, 15) is 5.21 Å². The molecule has 5 nitrogen and oxygen atoms in total. The third-order valence-electron chi connectivity index (χ3n) is 3.73. The van der Waals surface area contributed by atoms with Gasteiger partial charge in [0.2, 0.25) is 0 Å². The maximum Gasteiger partial charge on any atom is 0.175 e. The van der Waals surface area contributed by atoms with Gasteiger partial charge in [-0.2, -0.15) is 0 Å². The molecule has 3 rings (SSSR count). The van der Waals surface area contributed by atoms with E-state index in [1.807, 2.05) is 18.2 Å². The number of oxime groups is 1. The molecule has 1 aromatic carbocycles. The Hall–Kier alpha value is -2.56. The lowest BCUT2D eigenvalue weighted by Gasteiger charge is -2.37. The third-order valence-corrected chi connectivity index (χ3v) is 3.73. The van der Waals surface area contributed by atoms with Crippen LogP contribution in [-0.4, -0.2) is 47.1 Å². The topological polar surface area (TPSA) is 52.0 Å². The third kappa shape index (κ3) is 2.97. The average molecular weight is 282 g/mol. The van der Waals surface area contributed by atoms with Crippen molar-refractivity contribution in [2.45, 2.75) is 0 Å². The molecule has 0 radical (unpaired) electrons. The first kappa shape index (κ1) is 13.4. The fourth-order valence-electron chi connectivity index (χ4n) is 2.62. The summed E-state index contributed by atoms with van der Waals surface area (Å²) in [5.41, 5.74) is 2.13. The molecule has 1 saturated heterocycles. The van der Waals surface area contributed by atoms with E-state index in [2.05, 4.69) is 44.2 Å². The van der Waals surface area contributed by atoms with Crippen LogP contribution in [0.15, 0.2) is 60.0 Å². The molecule has 2 heterocycles. The van der Waals surface area contributed by atoms with Gasteiger partial charge < -0.3 is 15.0 Å². The van der Waals surface area contributed by atoms with Crippen molar-refractivity contribution in [3.63, 3.8) is 0 Å². The highest BCUT2D eigenvalue weighted by Crippen LogP contribution is 2.16. The first-order valence-corrected chi connectivity index (χ1v) is 7.06. The van der Waals surface area contributed by atoms with Gasteiger partial charge >= 0.3 is 0 Å². The van der Waals surface area contributed by atoms with Crippen molar-refractivity contribution >= 4 is 11.5 Å². The molecule has 0 atom stereocenters. The zero-order chi connectivity index (χ0) is 14.5. The molecule has 1 aliphatic rings. The van der Waals surface area contributed by atoms with Gasteiger partial charge in [0, 0.05) is 49.8 Å². The quantitative estimate of drug-likeness (QED) is 0.396. The van der Waals surface area contributed by atoms with Crippen LogP contribution < -0.4 is 4.90 Å². The Kier molecular flexibility index (Phi) is 4.00. The minimum Gasteiger partial charge on any atom is -0.409 e. The number of hydrogen-bond donors (Lipinski definition) is 1. The summed E-state index contributed by atoms with van der Waals surface area (Å²) >= 11 is 0. The molecule has 0 bridgehead atoms. The van der Waals surface area contributed by atoms with Gasteiger partial charge in [0.25, 0.3) is 0 Å². The SMILES string of the molecule is O/N=C(/c1ccncc1)N1CCN(c2ccccc2)CC1. The van der Waals surface area contributed by atoms with Crippen LogP contribution in [-0.2, 0) is 0 Å². The number of hydrogen-bond acceptors (Lipinski definition) is 4. The lowest BCUT2D eigenvalue weighted by atomic mass is 10.2. The van der Waals surface area contributed by atoms with Crippen LogP contribution in [0.5, 0.6) is 0 Å². The normalized spacial score (nSPS) is 16.1. The molecule has 0 spiro atoms. The fourth-order valence-corrected chi connectivity index (χ4v) is 2.62. The van der Waals surface area contributed by atoms with Gasteiger partial charge in [-0.05, 0) is 24.3 Å². The van der Waals surface area contributed by atoms with Gasteiger partial charge in [0.05, 0.1) is 0 Å². The molecular formula is C16H18N4O. The number of rotatable bonds is 2. The van der Waals surface area contributed by atoms with E-state index in [1.165, 1.54) is 5.69 Å². The van der Waals surface area contributed by atoms with Crippen molar-refractivity contribution in [3.05, 3.63) is 60.4 Å². The highest BCUT2D eigenvalue weighted by Gasteiger charge is 2.21. The highest BCUT2D eigenvalue weighted by atomic mass is 16.4. The van der Waals surface area contributed by atoms with Gasteiger partial charge in [-0.3, -0.25) is 4.98 Å². The van der Waals surface area contributed by atoms with Crippen LogP contribution in [0.1, 0.15) is 5.56 Å². The smallest absolute Gasteiger partial charge is 0.175 e. The Bertz CT molecular complexity index is 592. The first-order chi connectivity index (χ1) is 10.4.